The molecular weight excluding hydrogens is 268 g/mol. The van der Waals surface area contributed by atoms with Gasteiger partial charge in [-0.25, -0.2) is 8.78 Å². The summed E-state index contributed by atoms with van der Waals surface area (Å²) in [4.78, 5) is 4.15. The Balaban J connectivity index is 2.00. The van der Waals surface area contributed by atoms with E-state index in [9.17, 15) is 8.78 Å². The van der Waals surface area contributed by atoms with Crippen molar-refractivity contribution >= 4 is 5.69 Å². The van der Waals surface area contributed by atoms with Gasteiger partial charge in [0.2, 0.25) is 5.82 Å². The number of aromatic nitrogens is 2. The Morgan fingerprint density at radius 1 is 1.30 bits per heavy atom. The van der Waals surface area contributed by atoms with Gasteiger partial charge in [-0.15, -0.1) is 0 Å². The Bertz CT molecular complexity index is 651. The molecule has 0 spiro atoms. The lowest BCUT2D eigenvalue weighted by Gasteiger charge is -2.17. The lowest BCUT2D eigenvalue weighted by molar-refractivity contribution is 0.00768. The summed E-state index contributed by atoms with van der Waals surface area (Å²) >= 11 is 0. The quantitative estimate of drug-likeness (QED) is 0.856. The maximum Gasteiger partial charge on any atom is 0.261 e. The molecular formula is C13H13F2N3O2. The van der Waals surface area contributed by atoms with E-state index in [1.807, 2.05) is 6.92 Å². The Labute approximate surface area is 113 Å². The lowest BCUT2D eigenvalue weighted by Crippen LogP contribution is -2.21. The molecule has 1 aliphatic rings. The molecule has 1 aliphatic heterocycles. The summed E-state index contributed by atoms with van der Waals surface area (Å²) in [6.07, 6.45) is 1.66. The van der Waals surface area contributed by atoms with E-state index < -0.39 is 17.2 Å². The standard InChI is InChI=1S/C13H13F2N3O2/c1-13(3-2-4-19-13)12-17-11(20-18-12)7-5-10(16)9(15)6-8(7)14/h5-6H,2-4,16H2,1H3. The monoisotopic (exact) mass is 281 g/mol. The van der Waals surface area contributed by atoms with E-state index in [2.05, 4.69) is 10.1 Å². The molecule has 1 fully saturated rings. The maximum absolute atomic E-state index is 13.7. The maximum atomic E-state index is 13.7. The van der Waals surface area contributed by atoms with Gasteiger partial charge in [-0.2, -0.15) is 4.98 Å². The van der Waals surface area contributed by atoms with Gasteiger partial charge in [0.1, 0.15) is 17.2 Å². The van der Waals surface area contributed by atoms with Crippen LogP contribution >= 0.6 is 0 Å². The van der Waals surface area contributed by atoms with Crippen LogP contribution in [0.25, 0.3) is 11.5 Å². The first kappa shape index (κ1) is 13.0. The van der Waals surface area contributed by atoms with Crippen molar-refractivity contribution in [3.8, 4) is 11.5 Å². The second-order valence-electron chi connectivity index (χ2n) is 4.96. The van der Waals surface area contributed by atoms with Crippen molar-refractivity contribution in [3.63, 3.8) is 0 Å². The zero-order chi connectivity index (χ0) is 14.3. The van der Waals surface area contributed by atoms with Gasteiger partial charge in [0.25, 0.3) is 5.89 Å². The molecule has 2 heterocycles. The molecule has 0 amide bonds. The van der Waals surface area contributed by atoms with E-state index in [4.69, 9.17) is 15.0 Å². The van der Waals surface area contributed by atoms with Crippen LogP contribution in [-0.2, 0) is 10.3 Å². The van der Waals surface area contributed by atoms with Crippen molar-refractivity contribution in [1.82, 2.24) is 10.1 Å². The molecule has 0 saturated carbocycles. The lowest BCUT2D eigenvalue weighted by atomic mass is 10.0. The Hall–Kier alpha value is -2.02. The van der Waals surface area contributed by atoms with Crippen molar-refractivity contribution in [1.29, 1.82) is 0 Å². The van der Waals surface area contributed by atoms with Gasteiger partial charge >= 0.3 is 0 Å². The Kier molecular flexibility index (Phi) is 2.93. The number of nitrogen functional groups attached to an aromatic ring is 1. The van der Waals surface area contributed by atoms with Crippen molar-refractivity contribution in [3.05, 3.63) is 29.6 Å². The molecule has 1 unspecified atom stereocenters. The fourth-order valence-corrected chi connectivity index (χ4v) is 2.23. The zero-order valence-corrected chi connectivity index (χ0v) is 10.8. The summed E-state index contributed by atoms with van der Waals surface area (Å²) < 4.78 is 37.5. The molecule has 0 bridgehead atoms. The van der Waals surface area contributed by atoms with Gasteiger partial charge in [-0.3, -0.25) is 0 Å². The molecule has 1 saturated heterocycles. The predicted molar refractivity (Wildman–Crippen MR) is 66.6 cm³/mol. The predicted octanol–water partition coefficient (Wildman–Crippen LogP) is 2.62. The normalized spacial score (nSPS) is 22.4. The summed E-state index contributed by atoms with van der Waals surface area (Å²) in [5.74, 6) is -1.31. The largest absolute Gasteiger partial charge is 0.396 e. The molecule has 5 nitrogen and oxygen atoms in total. The molecule has 20 heavy (non-hydrogen) atoms. The third kappa shape index (κ3) is 2.03. The number of hydrogen-bond acceptors (Lipinski definition) is 5. The number of hydrogen-bond donors (Lipinski definition) is 1. The van der Waals surface area contributed by atoms with Crippen LogP contribution in [0.5, 0.6) is 0 Å². The van der Waals surface area contributed by atoms with Crippen LogP contribution in [0, 0.1) is 11.6 Å². The van der Waals surface area contributed by atoms with Gasteiger partial charge in [0.15, 0.2) is 0 Å². The van der Waals surface area contributed by atoms with Crippen LogP contribution in [0.15, 0.2) is 16.7 Å². The smallest absolute Gasteiger partial charge is 0.261 e. The van der Waals surface area contributed by atoms with E-state index in [1.54, 1.807) is 0 Å². The molecule has 0 aliphatic carbocycles. The molecule has 3 rings (SSSR count). The first-order valence-corrected chi connectivity index (χ1v) is 6.23. The number of anilines is 1. The molecule has 1 aromatic heterocycles. The van der Waals surface area contributed by atoms with Crippen molar-refractivity contribution in [2.75, 3.05) is 12.3 Å². The summed E-state index contributed by atoms with van der Waals surface area (Å²) in [5, 5.41) is 3.83. The zero-order valence-electron chi connectivity index (χ0n) is 10.8. The highest BCUT2D eigenvalue weighted by molar-refractivity contribution is 5.61. The minimum Gasteiger partial charge on any atom is -0.396 e. The van der Waals surface area contributed by atoms with Gasteiger partial charge in [-0.1, -0.05) is 5.16 Å². The fourth-order valence-electron chi connectivity index (χ4n) is 2.23. The van der Waals surface area contributed by atoms with E-state index in [-0.39, 0.29) is 17.1 Å². The SMILES string of the molecule is CC1(c2noc(-c3cc(N)c(F)cc3F)n2)CCCO1. The molecule has 2 N–H and O–H groups in total. The third-order valence-electron chi connectivity index (χ3n) is 3.43. The van der Waals surface area contributed by atoms with Crippen LogP contribution in [0.3, 0.4) is 0 Å². The molecule has 0 radical (unpaired) electrons. The van der Waals surface area contributed by atoms with Gasteiger partial charge in [-0.05, 0) is 25.8 Å². The second-order valence-corrected chi connectivity index (χ2v) is 4.96. The molecule has 2 aromatic rings. The first-order chi connectivity index (χ1) is 9.49. The first-order valence-electron chi connectivity index (χ1n) is 6.23. The minimum atomic E-state index is -0.822. The van der Waals surface area contributed by atoms with E-state index in [0.717, 1.165) is 18.9 Å². The average molecular weight is 281 g/mol. The van der Waals surface area contributed by atoms with Gasteiger partial charge < -0.3 is 15.0 Å². The highest BCUT2D eigenvalue weighted by Gasteiger charge is 2.37. The highest BCUT2D eigenvalue weighted by atomic mass is 19.1. The van der Waals surface area contributed by atoms with Crippen molar-refractivity contribution in [2.45, 2.75) is 25.4 Å². The van der Waals surface area contributed by atoms with Crippen LogP contribution in [0.4, 0.5) is 14.5 Å². The number of ether oxygens (including phenoxy) is 1. The number of nitrogens with zero attached hydrogens (tertiary/aromatic N) is 2. The number of benzene rings is 1. The number of rotatable bonds is 2. The minimum absolute atomic E-state index is 0.0238. The molecule has 1 atom stereocenters. The molecule has 106 valence electrons. The van der Waals surface area contributed by atoms with Crippen LogP contribution in [0.1, 0.15) is 25.6 Å². The topological polar surface area (TPSA) is 74.2 Å². The highest BCUT2D eigenvalue weighted by Crippen LogP contribution is 2.35. The Morgan fingerprint density at radius 3 is 2.80 bits per heavy atom. The molecule has 1 aromatic carbocycles. The molecule has 7 heteroatoms. The summed E-state index contributed by atoms with van der Waals surface area (Å²) in [5.41, 5.74) is 4.60. The second kappa shape index (κ2) is 4.52. The summed E-state index contributed by atoms with van der Waals surface area (Å²) in [6, 6.07) is 1.84. The summed E-state index contributed by atoms with van der Waals surface area (Å²) in [6.45, 7) is 2.47. The average Bonchev–Trinajstić information content (AvgIpc) is 3.03. The number of nitrogens with two attached hydrogens (primary N) is 1. The van der Waals surface area contributed by atoms with Crippen molar-refractivity contribution < 1.29 is 18.0 Å². The fraction of sp³-hybridized carbons (Fsp3) is 0.385. The van der Waals surface area contributed by atoms with Crippen molar-refractivity contribution in [2.24, 2.45) is 0 Å². The summed E-state index contributed by atoms with van der Waals surface area (Å²) in [7, 11) is 0. The number of halogens is 2. The van der Waals surface area contributed by atoms with Gasteiger partial charge in [0.05, 0.1) is 11.3 Å². The van der Waals surface area contributed by atoms with Crippen LogP contribution in [0.2, 0.25) is 0 Å². The van der Waals surface area contributed by atoms with E-state index in [1.165, 1.54) is 0 Å². The van der Waals surface area contributed by atoms with Crippen LogP contribution in [-0.4, -0.2) is 16.7 Å². The van der Waals surface area contributed by atoms with Crippen LogP contribution < -0.4 is 5.73 Å². The van der Waals surface area contributed by atoms with Gasteiger partial charge in [0, 0.05) is 12.7 Å². The third-order valence-corrected chi connectivity index (χ3v) is 3.43. The van der Waals surface area contributed by atoms with E-state index in [0.29, 0.717) is 18.5 Å². The Morgan fingerprint density at radius 2 is 2.10 bits per heavy atom. The van der Waals surface area contributed by atoms with E-state index >= 15 is 0 Å².